The van der Waals surface area contributed by atoms with E-state index in [4.69, 9.17) is 18.9 Å². The van der Waals surface area contributed by atoms with E-state index in [2.05, 4.69) is 15.9 Å². The van der Waals surface area contributed by atoms with Gasteiger partial charge >= 0.3 is 5.97 Å². The van der Waals surface area contributed by atoms with Crippen LogP contribution in [-0.2, 0) is 16.1 Å². The van der Waals surface area contributed by atoms with Gasteiger partial charge in [0.05, 0.1) is 18.1 Å². The molecule has 2 heterocycles. The van der Waals surface area contributed by atoms with Crippen LogP contribution in [0.1, 0.15) is 39.9 Å². The van der Waals surface area contributed by atoms with Crippen LogP contribution in [0, 0.1) is 12.8 Å². The Kier molecular flexibility index (Phi) is 4.44. The number of rotatable bonds is 3. The third kappa shape index (κ3) is 3.45. The monoisotopic (exact) mass is 456 g/mol. The molecule has 0 amide bonds. The second kappa shape index (κ2) is 7.00. The standard InChI is InChI=1S/C22H17BrO6/c1-11-4-16(28-22(25)12-2-3-12)8-17-19(11)20(24)18(29-17)7-13-5-15(23)6-14-9-26-10-27-21(13)14/h4-8,12H,2-3,9-10H2,1H3/b18-7-. The number of carbonyl (C=O) groups is 2. The van der Waals surface area contributed by atoms with E-state index in [1.807, 2.05) is 12.1 Å². The molecule has 1 fully saturated rings. The molecule has 0 atom stereocenters. The summed E-state index contributed by atoms with van der Waals surface area (Å²) in [5.74, 6) is 1.22. The Bertz CT molecular complexity index is 1080. The molecule has 1 saturated carbocycles. The van der Waals surface area contributed by atoms with Crippen molar-refractivity contribution >= 4 is 33.8 Å². The van der Waals surface area contributed by atoms with Gasteiger partial charge in [0, 0.05) is 21.7 Å². The average molecular weight is 457 g/mol. The van der Waals surface area contributed by atoms with Crippen molar-refractivity contribution in [3.8, 4) is 17.2 Å². The van der Waals surface area contributed by atoms with E-state index in [0.29, 0.717) is 35.0 Å². The highest BCUT2D eigenvalue weighted by molar-refractivity contribution is 9.10. The highest BCUT2D eigenvalue weighted by atomic mass is 79.9. The number of carbonyl (C=O) groups excluding carboxylic acids is 2. The number of esters is 1. The van der Waals surface area contributed by atoms with E-state index in [9.17, 15) is 9.59 Å². The third-order valence-corrected chi connectivity index (χ3v) is 5.52. The summed E-state index contributed by atoms with van der Waals surface area (Å²) in [6.45, 7) is 2.41. The topological polar surface area (TPSA) is 71.1 Å². The first-order valence-electron chi connectivity index (χ1n) is 9.33. The van der Waals surface area contributed by atoms with E-state index in [0.717, 1.165) is 28.4 Å². The second-order valence-electron chi connectivity index (χ2n) is 7.34. The fraction of sp³-hybridized carbons (Fsp3) is 0.273. The SMILES string of the molecule is Cc1cc(OC(=O)C2CC2)cc2c1C(=O)/C(=C/c1cc(Br)cc3c1OCOC3)O2. The molecule has 0 aromatic heterocycles. The van der Waals surface area contributed by atoms with E-state index in [-0.39, 0.29) is 30.2 Å². The van der Waals surface area contributed by atoms with Crippen molar-refractivity contribution < 1.29 is 28.5 Å². The lowest BCUT2D eigenvalue weighted by Crippen LogP contribution is -2.12. The van der Waals surface area contributed by atoms with Crippen molar-refractivity contribution in [2.75, 3.05) is 6.79 Å². The Morgan fingerprint density at radius 3 is 2.86 bits per heavy atom. The minimum atomic E-state index is -0.232. The molecule has 0 saturated heterocycles. The van der Waals surface area contributed by atoms with Gasteiger partial charge in [-0.1, -0.05) is 15.9 Å². The van der Waals surface area contributed by atoms with Crippen LogP contribution in [0.5, 0.6) is 17.2 Å². The van der Waals surface area contributed by atoms with Crippen LogP contribution in [0.2, 0.25) is 0 Å². The van der Waals surface area contributed by atoms with Crippen LogP contribution >= 0.6 is 15.9 Å². The van der Waals surface area contributed by atoms with Crippen molar-refractivity contribution in [1.82, 2.24) is 0 Å². The van der Waals surface area contributed by atoms with Gasteiger partial charge in [0.1, 0.15) is 17.2 Å². The zero-order valence-electron chi connectivity index (χ0n) is 15.6. The molecule has 7 heteroatoms. The molecule has 2 aromatic rings. The largest absolute Gasteiger partial charge is 0.467 e. The fourth-order valence-corrected chi connectivity index (χ4v) is 4.03. The molecule has 3 aliphatic rings. The number of hydrogen-bond acceptors (Lipinski definition) is 6. The third-order valence-electron chi connectivity index (χ3n) is 5.06. The van der Waals surface area contributed by atoms with E-state index >= 15 is 0 Å². The normalized spacial score (nSPS) is 18.7. The number of benzene rings is 2. The minimum Gasteiger partial charge on any atom is -0.467 e. The molecule has 5 rings (SSSR count). The maximum absolute atomic E-state index is 12.9. The van der Waals surface area contributed by atoms with Crippen molar-refractivity contribution in [1.29, 1.82) is 0 Å². The van der Waals surface area contributed by atoms with Crippen molar-refractivity contribution in [3.05, 3.63) is 56.8 Å². The summed E-state index contributed by atoms with van der Waals surface area (Å²) in [5.41, 5.74) is 2.81. The van der Waals surface area contributed by atoms with Gasteiger partial charge in [-0.2, -0.15) is 0 Å². The highest BCUT2D eigenvalue weighted by Crippen LogP contribution is 2.40. The van der Waals surface area contributed by atoms with Crippen molar-refractivity contribution in [2.24, 2.45) is 5.92 Å². The summed E-state index contributed by atoms with van der Waals surface area (Å²) >= 11 is 3.48. The van der Waals surface area contributed by atoms with Gasteiger partial charge in [-0.25, -0.2) is 0 Å². The number of fused-ring (bicyclic) bond motifs is 2. The molecule has 0 radical (unpaired) electrons. The maximum Gasteiger partial charge on any atom is 0.314 e. The maximum atomic E-state index is 12.9. The van der Waals surface area contributed by atoms with E-state index < -0.39 is 0 Å². The first-order chi connectivity index (χ1) is 14.0. The molecule has 29 heavy (non-hydrogen) atoms. The Morgan fingerprint density at radius 2 is 2.07 bits per heavy atom. The summed E-state index contributed by atoms with van der Waals surface area (Å²) < 4.78 is 23.1. The Balaban J connectivity index is 1.48. The lowest BCUT2D eigenvalue weighted by molar-refractivity contribution is -0.135. The summed E-state index contributed by atoms with van der Waals surface area (Å²) in [4.78, 5) is 24.9. The smallest absolute Gasteiger partial charge is 0.314 e. The number of aryl methyl sites for hydroxylation is 1. The summed E-state index contributed by atoms with van der Waals surface area (Å²) in [6.07, 6.45) is 3.41. The summed E-state index contributed by atoms with van der Waals surface area (Å²) in [6, 6.07) is 7.09. The first-order valence-corrected chi connectivity index (χ1v) is 10.1. The van der Waals surface area contributed by atoms with Gasteiger partial charge in [-0.3, -0.25) is 9.59 Å². The Labute approximate surface area is 175 Å². The van der Waals surface area contributed by atoms with Crippen LogP contribution < -0.4 is 14.2 Å². The van der Waals surface area contributed by atoms with Gasteiger partial charge in [0.15, 0.2) is 12.6 Å². The van der Waals surface area contributed by atoms with Crippen molar-refractivity contribution in [2.45, 2.75) is 26.4 Å². The first kappa shape index (κ1) is 18.4. The number of ketones is 1. The number of allylic oxidation sites excluding steroid dienone is 1. The van der Waals surface area contributed by atoms with Gasteiger partial charge < -0.3 is 18.9 Å². The van der Waals surface area contributed by atoms with E-state index in [1.165, 1.54) is 0 Å². The van der Waals surface area contributed by atoms with Crippen molar-refractivity contribution in [3.63, 3.8) is 0 Å². The molecule has 2 aromatic carbocycles. The second-order valence-corrected chi connectivity index (χ2v) is 8.26. The zero-order chi connectivity index (χ0) is 20.1. The highest BCUT2D eigenvalue weighted by Gasteiger charge is 2.34. The number of halogens is 1. The molecule has 148 valence electrons. The minimum absolute atomic E-state index is 0.00625. The lowest BCUT2D eigenvalue weighted by atomic mass is 10.0. The average Bonchev–Trinajstić information content (AvgIpc) is 3.47. The summed E-state index contributed by atoms with van der Waals surface area (Å²) in [7, 11) is 0. The Hall–Kier alpha value is -2.64. The molecule has 6 nitrogen and oxygen atoms in total. The molecule has 0 N–H and O–H groups in total. The number of hydrogen-bond donors (Lipinski definition) is 0. The molecule has 2 aliphatic heterocycles. The van der Waals surface area contributed by atoms with Crippen LogP contribution in [0.3, 0.4) is 0 Å². The molecule has 0 spiro atoms. The van der Waals surface area contributed by atoms with Crippen LogP contribution in [0.15, 0.2) is 34.5 Å². The summed E-state index contributed by atoms with van der Waals surface area (Å²) in [5, 5.41) is 0. The predicted molar refractivity (Wildman–Crippen MR) is 107 cm³/mol. The van der Waals surface area contributed by atoms with Gasteiger partial charge in [0.2, 0.25) is 5.78 Å². The quantitative estimate of drug-likeness (QED) is 0.383. The van der Waals surface area contributed by atoms with Gasteiger partial charge in [-0.05, 0) is 49.6 Å². The van der Waals surface area contributed by atoms with Gasteiger partial charge in [0.25, 0.3) is 0 Å². The molecule has 1 aliphatic carbocycles. The van der Waals surface area contributed by atoms with Gasteiger partial charge in [-0.15, -0.1) is 0 Å². The zero-order valence-corrected chi connectivity index (χ0v) is 17.2. The lowest BCUT2D eigenvalue weighted by Gasteiger charge is -2.20. The fourth-order valence-electron chi connectivity index (χ4n) is 3.51. The van der Waals surface area contributed by atoms with Crippen LogP contribution in [-0.4, -0.2) is 18.5 Å². The molecule has 0 unspecified atom stereocenters. The number of Topliss-reactive ketones (excluding diaryl/α,β-unsaturated/α-hetero) is 1. The van der Waals surface area contributed by atoms with Crippen LogP contribution in [0.4, 0.5) is 0 Å². The molecular weight excluding hydrogens is 440 g/mol. The Morgan fingerprint density at radius 1 is 1.24 bits per heavy atom. The van der Waals surface area contributed by atoms with E-state index in [1.54, 1.807) is 25.1 Å². The molecule has 0 bridgehead atoms. The molecular formula is C22H17BrO6. The number of ether oxygens (including phenoxy) is 4. The van der Waals surface area contributed by atoms with Crippen LogP contribution in [0.25, 0.3) is 6.08 Å². The predicted octanol–water partition coefficient (Wildman–Crippen LogP) is 4.56.